The summed E-state index contributed by atoms with van der Waals surface area (Å²) in [6, 6.07) is 12.9. The second-order valence-electron chi connectivity index (χ2n) is 5.10. The maximum atomic E-state index is 12.2. The number of sulfonamides is 1. The van der Waals surface area contributed by atoms with Crippen LogP contribution in [0.5, 0.6) is 0 Å². The van der Waals surface area contributed by atoms with Crippen LogP contribution in [-0.4, -0.2) is 25.1 Å². The molecular formula is C16H17N3O3S2. The number of benzene rings is 1. The summed E-state index contributed by atoms with van der Waals surface area (Å²) < 4.78 is 32.5. The summed E-state index contributed by atoms with van der Waals surface area (Å²) in [5.74, 6) is 0.899. The summed E-state index contributed by atoms with van der Waals surface area (Å²) in [5, 5.41) is 3.91. The van der Waals surface area contributed by atoms with Crippen molar-refractivity contribution in [1.82, 2.24) is 14.9 Å². The zero-order chi connectivity index (χ0) is 17.0. The molecule has 3 rings (SSSR count). The number of aryl methyl sites for hydroxylation is 1. The van der Waals surface area contributed by atoms with Gasteiger partial charge in [-0.25, -0.2) is 13.1 Å². The van der Waals surface area contributed by atoms with Gasteiger partial charge in [0, 0.05) is 23.4 Å². The molecule has 0 amide bonds. The molecule has 3 aromatic rings. The Morgan fingerprint density at radius 2 is 1.96 bits per heavy atom. The van der Waals surface area contributed by atoms with Crippen molar-refractivity contribution in [3.8, 4) is 11.4 Å². The molecule has 0 aliphatic rings. The van der Waals surface area contributed by atoms with Gasteiger partial charge in [-0.1, -0.05) is 42.4 Å². The first-order chi connectivity index (χ1) is 11.6. The van der Waals surface area contributed by atoms with E-state index in [0.29, 0.717) is 22.3 Å². The van der Waals surface area contributed by atoms with Crippen LogP contribution in [0.1, 0.15) is 17.7 Å². The Labute approximate surface area is 144 Å². The summed E-state index contributed by atoms with van der Waals surface area (Å²) in [6.07, 6.45) is 1.16. The first-order valence-corrected chi connectivity index (χ1v) is 9.85. The molecule has 0 bridgehead atoms. The molecule has 8 heteroatoms. The summed E-state index contributed by atoms with van der Waals surface area (Å²) >= 11 is 1.29. The normalized spacial score (nSPS) is 11.7. The van der Waals surface area contributed by atoms with Gasteiger partial charge in [0.1, 0.15) is 4.21 Å². The fourth-order valence-electron chi connectivity index (χ4n) is 2.12. The van der Waals surface area contributed by atoms with Crippen LogP contribution < -0.4 is 4.72 Å². The summed E-state index contributed by atoms with van der Waals surface area (Å²) in [7, 11) is -3.49. The Balaban J connectivity index is 1.59. The number of aromatic nitrogens is 2. The highest BCUT2D eigenvalue weighted by Gasteiger charge is 2.17. The molecule has 0 atom stereocenters. The molecule has 2 heterocycles. The molecule has 2 aromatic heterocycles. The van der Waals surface area contributed by atoms with E-state index >= 15 is 0 Å². The molecule has 1 N–H and O–H groups in total. The van der Waals surface area contributed by atoms with Crippen LogP contribution in [0.15, 0.2) is 51.2 Å². The Bertz CT molecular complexity index is 902. The smallest absolute Gasteiger partial charge is 0.250 e. The predicted molar refractivity (Wildman–Crippen MR) is 92.3 cm³/mol. The van der Waals surface area contributed by atoms with Gasteiger partial charge < -0.3 is 4.52 Å². The van der Waals surface area contributed by atoms with Crippen LogP contribution in [0, 0.1) is 0 Å². The summed E-state index contributed by atoms with van der Waals surface area (Å²) in [5.41, 5.74) is 0.860. The lowest BCUT2D eigenvalue weighted by Gasteiger charge is -2.02. The van der Waals surface area contributed by atoms with Crippen molar-refractivity contribution < 1.29 is 12.9 Å². The third-order valence-corrected chi connectivity index (χ3v) is 6.56. The molecule has 0 aliphatic heterocycles. The molecule has 0 spiro atoms. The van der Waals surface area contributed by atoms with E-state index in [9.17, 15) is 8.42 Å². The monoisotopic (exact) mass is 363 g/mol. The van der Waals surface area contributed by atoms with Crippen LogP contribution in [0.25, 0.3) is 11.4 Å². The van der Waals surface area contributed by atoms with Crippen LogP contribution in [0.2, 0.25) is 0 Å². The molecule has 1 aromatic carbocycles. The molecule has 0 radical (unpaired) electrons. The highest BCUT2D eigenvalue weighted by molar-refractivity contribution is 7.91. The van der Waals surface area contributed by atoms with Crippen molar-refractivity contribution >= 4 is 21.4 Å². The van der Waals surface area contributed by atoms with Gasteiger partial charge in [-0.3, -0.25) is 0 Å². The van der Waals surface area contributed by atoms with E-state index in [1.807, 2.05) is 43.3 Å². The van der Waals surface area contributed by atoms with Gasteiger partial charge in [0.2, 0.25) is 21.7 Å². The molecule has 0 fully saturated rings. The third kappa shape index (κ3) is 3.89. The van der Waals surface area contributed by atoms with Crippen molar-refractivity contribution in [2.24, 2.45) is 0 Å². The van der Waals surface area contributed by atoms with Crippen molar-refractivity contribution in [2.75, 3.05) is 6.54 Å². The minimum atomic E-state index is -3.49. The number of hydrogen-bond donors (Lipinski definition) is 1. The Kier molecular flexibility index (Phi) is 5.08. The lowest BCUT2D eigenvalue weighted by atomic mass is 10.2. The van der Waals surface area contributed by atoms with E-state index in [1.54, 1.807) is 6.07 Å². The highest BCUT2D eigenvalue weighted by Crippen LogP contribution is 2.21. The number of thiophene rings is 1. The molecule has 0 saturated heterocycles. The average molecular weight is 363 g/mol. The number of hydrogen-bond acceptors (Lipinski definition) is 6. The van der Waals surface area contributed by atoms with E-state index in [1.165, 1.54) is 11.3 Å². The largest absolute Gasteiger partial charge is 0.339 e. The van der Waals surface area contributed by atoms with Gasteiger partial charge in [0.15, 0.2) is 0 Å². The Hall–Kier alpha value is -2.03. The van der Waals surface area contributed by atoms with E-state index in [2.05, 4.69) is 14.9 Å². The Morgan fingerprint density at radius 1 is 1.17 bits per heavy atom. The fourth-order valence-corrected chi connectivity index (χ4v) is 4.49. The summed E-state index contributed by atoms with van der Waals surface area (Å²) in [4.78, 5) is 5.32. The maximum Gasteiger partial charge on any atom is 0.250 e. The van der Waals surface area contributed by atoms with Crippen LogP contribution in [0.3, 0.4) is 0 Å². The standard InChI is InChI=1S/C16H17N3O3S2/c1-2-13-8-9-15(23-13)24(20,21)17-11-10-14-18-16(19-22-14)12-6-4-3-5-7-12/h3-9,17H,2,10-11H2,1H3. The van der Waals surface area contributed by atoms with Gasteiger partial charge in [-0.2, -0.15) is 4.98 Å². The first kappa shape index (κ1) is 16.8. The molecule has 0 aliphatic carbocycles. The van der Waals surface area contributed by atoms with Gasteiger partial charge in [0.05, 0.1) is 0 Å². The van der Waals surface area contributed by atoms with Crippen molar-refractivity contribution in [2.45, 2.75) is 24.0 Å². The minimum absolute atomic E-state index is 0.206. The Morgan fingerprint density at radius 3 is 2.67 bits per heavy atom. The number of rotatable bonds is 7. The second kappa shape index (κ2) is 7.25. The van der Waals surface area contributed by atoms with Gasteiger partial charge in [-0.15, -0.1) is 11.3 Å². The maximum absolute atomic E-state index is 12.2. The van der Waals surface area contributed by atoms with Gasteiger partial charge in [0.25, 0.3) is 0 Å². The predicted octanol–water partition coefficient (Wildman–Crippen LogP) is 2.88. The topological polar surface area (TPSA) is 85.1 Å². The van der Waals surface area contributed by atoms with Crippen molar-refractivity contribution in [3.05, 3.63) is 53.2 Å². The van der Waals surface area contributed by atoms with Gasteiger partial charge >= 0.3 is 0 Å². The van der Waals surface area contributed by atoms with Crippen LogP contribution >= 0.6 is 11.3 Å². The molecule has 0 unspecified atom stereocenters. The van der Waals surface area contributed by atoms with E-state index in [0.717, 1.165) is 16.9 Å². The minimum Gasteiger partial charge on any atom is -0.339 e. The molecule has 126 valence electrons. The van der Waals surface area contributed by atoms with Crippen molar-refractivity contribution in [1.29, 1.82) is 0 Å². The zero-order valence-corrected chi connectivity index (χ0v) is 14.7. The lowest BCUT2D eigenvalue weighted by molar-refractivity contribution is 0.379. The first-order valence-electron chi connectivity index (χ1n) is 7.55. The molecular weight excluding hydrogens is 346 g/mol. The highest BCUT2D eigenvalue weighted by atomic mass is 32.2. The SMILES string of the molecule is CCc1ccc(S(=O)(=O)NCCc2nc(-c3ccccc3)no2)s1. The number of nitrogens with one attached hydrogen (secondary N) is 1. The van der Waals surface area contributed by atoms with Gasteiger partial charge in [-0.05, 0) is 18.6 Å². The molecule has 24 heavy (non-hydrogen) atoms. The average Bonchev–Trinajstić information content (AvgIpc) is 3.25. The van der Waals surface area contributed by atoms with E-state index < -0.39 is 10.0 Å². The third-order valence-electron chi connectivity index (χ3n) is 3.38. The lowest BCUT2D eigenvalue weighted by Crippen LogP contribution is -2.25. The summed E-state index contributed by atoms with van der Waals surface area (Å²) in [6.45, 7) is 2.20. The fraction of sp³-hybridized carbons (Fsp3) is 0.250. The van der Waals surface area contributed by atoms with Crippen LogP contribution in [-0.2, 0) is 22.9 Å². The number of nitrogens with zero attached hydrogens (tertiary/aromatic N) is 2. The quantitative estimate of drug-likeness (QED) is 0.698. The second-order valence-corrected chi connectivity index (χ2v) is 8.26. The van der Waals surface area contributed by atoms with Crippen LogP contribution in [0.4, 0.5) is 0 Å². The molecule has 6 nitrogen and oxygen atoms in total. The molecule has 0 saturated carbocycles. The van der Waals surface area contributed by atoms with Crippen molar-refractivity contribution in [3.63, 3.8) is 0 Å². The van der Waals surface area contributed by atoms with E-state index in [-0.39, 0.29) is 6.54 Å². The zero-order valence-electron chi connectivity index (χ0n) is 13.1. The van der Waals surface area contributed by atoms with E-state index in [4.69, 9.17) is 4.52 Å².